The van der Waals surface area contributed by atoms with Crippen LogP contribution in [0.4, 0.5) is 0 Å². The molecule has 0 aromatic carbocycles. The van der Waals surface area contributed by atoms with Gasteiger partial charge in [0.15, 0.2) is 17.4 Å². The van der Waals surface area contributed by atoms with Gasteiger partial charge in [0.05, 0.1) is 0 Å². The minimum absolute atomic E-state index is 0. The predicted octanol–water partition coefficient (Wildman–Crippen LogP) is -1.22. The Morgan fingerprint density at radius 2 is 1.43 bits per heavy atom. The van der Waals surface area contributed by atoms with Gasteiger partial charge in [0.2, 0.25) is 0 Å². The molecule has 0 spiro atoms. The molecule has 1 nitrogen and oxygen atoms in total. The van der Waals surface area contributed by atoms with Crippen LogP contribution in [0.3, 0.4) is 0 Å². The Morgan fingerprint density at radius 1 is 1.14 bits per heavy atom. The van der Waals surface area contributed by atoms with Crippen molar-refractivity contribution < 1.29 is 0 Å². The summed E-state index contributed by atoms with van der Waals surface area (Å²) < 4.78 is 0. The summed E-state index contributed by atoms with van der Waals surface area (Å²) >= 11 is 0. The zero-order chi connectivity index (χ0) is 4.12. The Balaban J connectivity index is -0.0000000800. The number of hydrogen-bond acceptors (Lipinski definition) is 1. The molecule has 0 aromatic heterocycles. The second-order valence-corrected chi connectivity index (χ2v) is 0.957. The summed E-state index contributed by atoms with van der Waals surface area (Å²) in [5, 5.41) is 3.11. The maximum atomic E-state index is 3.11. The quantitative estimate of drug-likeness (QED) is 0.440. The molecule has 0 radical (unpaired) electrons. The molecule has 0 heterocycles. The summed E-state index contributed by atoms with van der Waals surface area (Å²) in [6.45, 7) is 6.39. The number of rotatable bonds is 2. The molecule has 0 unspecified atom stereocenters. The van der Waals surface area contributed by atoms with Crippen LogP contribution in [-0.2, 0) is 0 Å². The third-order valence-corrected chi connectivity index (χ3v) is 0.500. The van der Waals surface area contributed by atoms with E-state index < -0.39 is 0 Å². The van der Waals surface area contributed by atoms with Gasteiger partial charge in [-0.05, 0) is 13.1 Å². The number of nitrogens with one attached hydrogen (secondary N) is 1. The van der Waals surface area contributed by atoms with E-state index in [1.165, 1.54) is 0 Å². The molecular weight excluding hydrogens is 96.0 g/mol. The van der Waals surface area contributed by atoms with Gasteiger partial charge >= 0.3 is 18.9 Å². The first-order valence-corrected chi connectivity index (χ1v) is 2.12. The van der Waals surface area contributed by atoms with Crippen molar-refractivity contribution >= 4 is 36.2 Å². The van der Waals surface area contributed by atoms with E-state index in [-0.39, 0.29) is 36.2 Å². The van der Waals surface area contributed by atoms with Gasteiger partial charge in [0.1, 0.15) is 0 Å². The number of hydrogen-bond donors (Lipinski definition) is 1. The first kappa shape index (κ1) is 15.7. The average molecular weight is 111 g/mol. The Morgan fingerprint density at radius 3 is 1.43 bits per heavy atom. The van der Waals surface area contributed by atoms with E-state index in [1.54, 1.807) is 0 Å². The molecule has 1 N–H and O–H groups in total. The van der Waals surface area contributed by atoms with E-state index in [0.29, 0.717) is 0 Å². The van der Waals surface area contributed by atoms with Gasteiger partial charge in [-0.3, -0.25) is 0 Å². The zero-order valence-corrected chi connectivity index (χ0v) is 3.91. The van der Waals surface area contributed by atoms with E-state index in [4.69, 9.17) is 0 Å². The fraction of sp³-hybridized carbons (Fsp3) is 1.00. The van der Waals surface area contributed by atoms with E-state index in [9.17, 15) is 0 Å². The zero-order valence-electron chi connectivity index (χ0n) is 3.91. The topological polar surface area (TPSA) is 12.0 Å². The second kappa shape index (κ2) is 15.7. The molecule has 0 aromatic rings. The van der Waals surface area contributed by atoms with E-state index in [2.05, 4.69) is 19.2 Å². The molecular formula is C4H15AlLiN. The molecule has 0 bridgehead atoms. The molecule has 0 aliphatic heterocycles. The Kier molecular flexibility index (Phi) is 35.2. The van der Waals surface area contributed by atoms with Crippen LogP contribution in [0.1, 0.15) is 13.8 Å². The van der Waals surface area contributed by atoms with Crippen LogP contribution in [-0.4, -0.2) is 49.3 Å². The summed E-state index contributed by atoms with van der Waals surface area (Å²) in [6.07, 6.45) is 0. The van der Waals surface area contributed by atoms with Crippen molar-refractivity contribution in [1.29, 1.82) is 0 Å². The fourth-order valence-electron chi connectivity index (χ4n) is 0.250. The second-order valence-electron chi connectivity index (χ2n) is 0.957. The summed E-state index contributed by atoms with van der Waals surface area (Å²) in [5.41, 5.74) is 0. The van der Waals surface area contributed by atoms with Crippen LogP contribution >= 0.6 is 0 Å². The molecule has 0 rings (SSSR count). The molecule has 0 saturated carbocycles. The van der Waals surface area contributed by atoms with Gasteiger partial charge in [-0.15, -0.1) is 0 Å². The molecule has 0 amide bonds. The van der Waals surface area contributed by atoms with Crippen LogP contribution in [0.5, 0.6) is 0 Å². The van der Waals surface area contributed by atoms with Gasteiger partial charge in [-0.2, -0.15) is 0 Å². The standard InChI is InChI=1S/C4H11N.Al.Li.4H/c1-3-5-4-2;;;;;;/h5H,3-4H2,1-2H3;;;;;;. The summed E-state index contributed by atoms with van der Waals surface area (Å²) in [4.78, 5) is 0. The monoisotopic (exact) mass is 111 g/mol. The van der Waals surface area contributed by atoms with Crippen LogP contribution in [0.15, 0.2) is 0 Å². The maximum absolute atomic E-state index is 3.11. The third-order valence-electron chi connectivity index (χ3n) is 0.500. The van der Waals surface area contributed by atoms with Gasteiger partial charge in [-0.1, -0.05) is 13.8 Å². The SMILES string of the molecule is CCNCC.[AlH3].[LiH]. The van der Waals surface area contributed by atoms with Crippen molar-refractivity contribution in [3.63, 3.8) is 0 Å². The van der Waals surface area contributed by atoms with Crippen LogP contribution in [0, 0.1) is 0 Å². The minimum atomic E-state index is 0. The summed E-state index contributed by atoms with van der Waals surface area (Å²) in [6, 6.07) is 0. The van der Waals surface area contributed by atoms with E-state index in [0.717, 1.165) is 13.1 Å². The average Bonchev–Trinajstić information content (AvgIpc) is 1.41. The fourth-order valence-corrected chi connectivity index (χ4v) is 0.250. The van der Waals surface area contributed by atoms with Crippen molar-refractivity contribution in [2.24, 2.45) is 0 Å². The van der Waals surface area contributed by atoms with Gasteiger partial charge in [0, 0.05) is 0 Å². The van der Waals surface area contributed by atoms with Crippen molar-refractivity contribution in [1.82, 2.24) is 5.32 Å². The summed E-state index contributed by atoms with van der Waals surface area (Å²) in [7, 11) is 0. The molecule has 0 atom stereocenters. The van der Waals surface area contributed by atoms with Crippen molar-refractivity contribution in [3.05, 3.63) is 0 Å². The molecule has 7 heavy (non-hydrogen) atoms. The first-order chi connectivity index (χ1) is 2.41. The van der Waals surface area contributed by atoms with Gasteiger partial charge < -0.3 is 5.32 Å². The molecule has 0 fully saturated rings. The Hall–Kier alpha value is 1.09. The van der Waals surface area contributed by atoms with E-state index >= 15 is 0 Å². The van der Waals surface area contributed by atoms with Crippen molar-refractivity contribution in [2.45, 2.75) is 13.8 Å². The predicted molar refractivity (Wildman–Crippen MR) is 41.3 cm³/mol. The van der Waals surface area contributed by atoms with Gasteiger partial charge in [0.25, 0.3) is 0 Å². The van der Waals surface area contributed by atoms with Crippen molar-refractivity contribution in [2.75, 3.05) is 13.1 Å². The molecule has 0 aliphatic rings. The van der Waals surface area contributed by atoms with Crippen LogP contribution < -0.4 is 5.32 Å². The Bertz CT molecular complexity index is 19.2. The third kappa shape index (κ3) is 19.2. The van der Waals surface area contributed by atoms with Crippen molar-refractivity contribution in [3.8, 4) is 0 Å². The van der Waals surface area contributed by atoms with Crippen LogP contribution in [0.2, 0.25) is 0 Å². The first-order valence-electron chi connectivity index (χ1n) is 2.12. The van der Waals surface area contributed by atoms with Gasteiger partial charge in [-0.25, -0.2) is 0 Å². The van der Waals surface area contributed by atoms with Crippen LogP contribution in [0.25, 0.3) is 0 Å². The molecule has 40 valence electrons. The Labute approximate surface area is 68.6 Å². The normalized spacial score (nSPS) is 6.00. The molecule has 0 aliphatic carbocycles. The molecule has 0 saturated heterocycles. The summed E-state index contributed by atoms with van der Waals surface area (Å²) in [5.74, 6) is 0. The van der Waals surface area contributed by atoms with E-state index in [1.807, 2.05) is 0 Å². The molecule has 3 heteroatoms.